The van der Waals surface area contributed by atoms with E-state index in [1.54, 1.807) is 0 Å². The van der Waals surface area contributed by atoms with Crippen molar-refractivity contribution in [2.24, 2.45) is 0 Å². The minimum Gasteiger partial charge on any atom is -0.497 e. The van der Waals surface area contributed by atoms with Gasteiger partial charge in [0, 0.05) is 6.07 Å². The van der Waals surface area contributed by atoms with Gasteiger partial charge in [0.25, 0.3) is 0 Å². The van der Waals surface area contributed by atoms with E-state index in [2.05, 4.69) is 4.74 Å². The van der Waals surface area contributed by atoms with E-state index in [0.717, 1.165) is 7.11 Å². The van der Waals surface area contributed by atoms with Crippen LogP contribution in [-0.2, 0) is 14.3 Å². The van der Waals surface area contributed by atoms with Crippen LogP contribution in [0, 0.1) is 0 Å². The number of rotatable bonds is 6. The van der Waals surface area contributed by atoms with Crippen LogP contribution in [0.2, 0.25) is 0 Å². The second-order valence-electron chi connectivity index (χ2n) is 4.56. The van der Waals surface area contributed by atoms with Crippen molar-refractivity contribution in [3.63, 3.8) is 0 Å². The van der Waals surface area contributed by atoms with Crippen LogP contribution in [-0.4, -0.2) is 50.5 Å². The van der Waals surface area contributed by atoms with Gasteiger partial charge in [-0.1, -0.05) is 0 Å². The summed E-state index contributed by atoms with van der Waals surface area (Å²) < 4.78 is 51.5. The molecule has 0 saturated heterocycles. The lowest BCUT2D eigenvalue weighted by Gasteiger charge is -2.23. The fourth-order valence-electron chi connectivity index (χ4n) is 1.81. The third-order valence-corrected chi connectivity index (χ3v) is 3.03. The molecule has 0 aromatic heterocycles. The van der Waals surface area contributed by atoms with Gasteiger partial charge < -0.3 is 24.6 Å². The molecule has 10 heteroatoms. The summed E-state index contributed by atoms with van der Waals surface area (Å²) in [5.74, 6) is -3.17. The molecule has 0 unspecified atom stereocenters. The number of nitrogens with one attached hydrogen (secondary N) is 1. The van der Waals surface area contributed by atoms with Crippen molar-refractivity contribution >= 4 is 11.9 Å². The average Bonchev–Trinajstić information content (AvgIpc) is 2.56. The van der Waals surface area contributed by atoms with Crippen LogP contribution in [0.4, 0.5) is 13.2 Å². The first kappa shape index (κ1) is 19.6. The second-order valence-corrected chi connectivity index (χ2v) is 4.56. The molecule has 0 saturated carbocycles. The highest BCUT2D eigenvalue weighted by molar-refractivity contribution is 5.88. The van der Waals surface area contributed by atoms with Crippen molar-refractivity contribution in [1.82, 2.24) is 5.32 Å². The van der Waals surface area contributed by atoms with Crippen LogP contribution in [0.15, 0.2) is 18.2 Å². The first-order chi connectivity index (χ1) is 11.1. The third-order valence-electron chi connectivity index (χ3n) is 3.03. The van der Waals surface area contributed by atoms with E-state index in [0.29, 0.717) is 0 Å². The monoisotopic (exact) mass is 351 g/mol. The van der Waals surface area contributed by atoms with E-state index < -0.39 is 30.2 Å². The fourth-order valence-corrected chi connectivity index (χ4v) is 1.81. The number of halogens is 3. The van der Waals surface area contributed by atoms with Gasteiger partial charge in [0.1, 0.15) is 17.6 Å². The van der Waals surface area contributed by atoms with Crippen molar-refractivity contribution in [3.8, 4) is 11.5 Å². The number of carbonyl (C=O) groups is 2. The topological polar surface area (TPSA) is 94.1 Å². The third kappa shape index (κ3) is 4.75. The van der Waals surface area contributed by atoms with E-state index in [1.807, 2.05) is 0 Å². The number of alkyl halides is 3. The van der Waals surface area contributed by atoms with E-state index in [4.69, 9.17) is 9.47 Å². The van der Waals surface area contributed by atoms with Gasteiger partial charge in [-0.15, -0.1) is 0 Å². The molecular formula is C14H16F3NO6. The molecule has 7 nitrogen and oxygen atoms in total. The normalized spacial score (nSPS) is 13.6. The molecule has 0 bridgehead atoms. The zero-order valence-corrected chi connectivity index (χ0v) is 13.0. The van der Waals surface area contributed by atoms with Gasteiger partial charge in [-0.25, -0.2) is 4.79 Å². The lowest BCUT2D eigenvalue weighted by atomic mass is 10.0. The Hall–Kier alpha value is -2.49. The highest BCUT2D eigenvalue weighted by Gasteiger charge is 2.43. The zero-order valence-electron chi connectivity index (χ0n) is 13.0. The van der Waals surface area contributed by atoms with Gasteiger partial charge in [0.15, 0.2) is 6.04 Å². The van der Waals surface area contributed by atoms with Crippen molar-refractivity contribution in [1.29, 1.82) is 0 Å². The number of aliphatic hydroxyl groups excluding tert-OH is 1. The molecule has 0 heterocycles. The first-order valence-corrected chi connectivity index (χ1v) is 6.50. The van der Waals surface area contributed by atoms with E-state index in [-0.39, 0.29) is 17.1 Å². The maximum atomic E-state index is 12.4. The number of carbonyl (C=O) groups excluding carboxylic acids is 2. The maximum Gasteiger partial charge on any atom is 0.471 e. The summed E-state index contributed by atoms with van der Waals surface area (Å²) in [7, 11) is 3.57. The molecule has 0 spiro atoms. The Kier molecular flexibility index (Phi) is 6.41. The van der Waals surface area contributed by atoms with E-state index in [1.165, 1.54) is 37.7 Å². The number of aliphatic hydroxyl groups is 1. The predicted molar refractivity (Wildman–Crippen MR) is 74.5 cm³/mol. The Morgan fingerprint density at radius 2 is 1.58 bits per heavy atom. The van der Waals surface area contributed by atoms with Gasteiger partial charge in [-0.05, 0) is 17.7 Å². The number of methoxy groups -OCH3 is 3. The van der Waals surface area contributed by atoms with Crippen LogP contribution in [0.25, 0.3) is 0 Å². The second kappa shape index (κ2) is 7.86. The highest BCUT2D eigenvalue weighted by atomic mass is 19.4. The Balaban J connectivity index is 3.19. The molecule has 0 aliphatic rings. The van der Waals surface area contributed by atoms with Gasteiger partial charge in [-0.2, -0.15) is 13.2 Å². The van der Waals surface area contributed by atoms with Crippen LogP contribution >= 0.6 is 0 Å². The van der Waals surface area contributed by atoms with Gasteiger partial charge in [0.2, 0.25) is 0 Å². The number of hydrogen-bond acceptors (Lipinski definition) is 6. The Morgan fingerprint density at radius 1 is 1.08 bits per heavy atom. The molecule has 0 aliphatic heterocycles. The van der Waals surface area contributed by atoms with E-state index in [9.17, 15) is 27.9 Å². The van der Waals surface area contributed by atoms with Crippen LogP contribution < -0.4 is 14.8 Å². The summed E-state index contributed by atoms with van der Waals surface area (Å²) in [4.78, 5) is 22.7. The number of benzene rings is 1. The Labute approximate surface area is 135 Å². The van der Waals surface area contributed by atoms with Crippen molar-refractivity contribution in [2.75, 3.05) is 21.3 Å². The number of ether oxygens (including phenoxy) is 3. The summed E-state index contributed by atoms with van der Waals surface area (Å²) in [6, 6.07) is 2.05. The maximum absolute atomic E-state index is 12.4. The lowest BCUT2D eigenvalue weighted by Crippen LogP contribution is -2.50. The SMILES string of the molecule is COC(=O)[C@H](NC(=O)C(F)(F)F)[C@@H](O)c1cc(OC)cc(OC)c1. The molecule has 0 radical (unpaired) electrons. The summed E-state index contributed by atoms with van der Waals surface area (Å²) in [6.07, 6.45) is -7.05. The van der Waals surface area contributed by atoms with Gasteiger partial charge in [0.05, 0.1) is 21.3 Å². The van der Waals surface area contributed by atoms with Gasteiger partial charge >= 0.3 is 18.1 Å². The number of esters is 1. The van der Waals surface area contributed by atoms with Gasteiger partial charge in [-0.3, -0.25) is 4.79 Å². The predicted octanol–water partition coefficient (Wildman–Crippen LogP) is 0.957. The molecule has 1 amide bonds. The van der Waals surface area contributed by atoms with Crippen LogP contribution in [0.5, 0.6) is 11.5 Å². The molecule has 0 aliphatic carbocycles. The molecular weight excluding hydrogens is 335 g/mol. The quantitative estimate of drug-likeness (QED) is 0.742. The fraction of sp³-hybridized carbons (Fsp3) is 0.429. The molecule has 134 valence electrons. The Morgan fingerprint density at radius 3 is 1.96 bits per heavy atom. The van der Waals surface area contributed by atoms with Crippen LogP contribution in [0.3, 0.4) is 0 Å². The minimum absolute atomic E-state index is 0.0101. The summed E-state index contributed by atoms with van der Waals surface area (Å²) in [5.41, 5.74) is -0.0101. The smallest absolute Gasteiger partial charge is 0.471 e. The van der Waals surface area contributed by atoms with E-state index >= 15 is 0 Å². The van der Waals surface area contributed by atoms with Crippen LogP contribution in [0.1, 0.15) is 11.7 Å². The Bertz CT molecular complexity index is 582. The summed E-state index contributed by atoms with van der Waals surface area (Å²) in [5, 5.41) is 11.7. The minimum atomic E-state index is -5.22. The molecule has 2 N–H and O–H groups in total. The lowest BCUT2D eigenvalue weighted by molar-refractivity contribution is -0.177. The first-order valence-electron chi connectivity index (χ1n) is 6.50. The summed E-state index contributed by atoms with van der Waals surface area (Å²) >= 11 is 0. The number of amides is 1. The molecule has 0 fully saturated rings. The molecule has 2 atom stereocenters. The van der Waals surface area contributed by atoms with Crippen molar-refractivity contribution < 1.29 is 42.1 Å². The standard InChI is InChI=1S/C14H16F3NO6/c1-22-8-4-7(5-9(6-8)23-2)11(19)10(12(20)24-3)18-13(21)14(15,16)17/h4-6,10-11,19H,1-3H3,(H,18,21)/t10-,11+/m1/s1. The molecule has 1 aromatic carbocycles. The molecule has 1 aromatic rings. The molecule has 1 rings (SSSR count). The highest BCUT2D eigenvalue weighted by Crippen LogP contribution is 2.28. The summed E-state index contributed by atoms with van der Waals surface area (Å²) in [6.45, 7) is 0. The zero-order chi connectivity index (χ0) is 18.5. The van der Waals surface area contributed by atoms with Crippen molar-refractivity contribution in [2.45, 2.75) is 18.3 Å². The molecule has 24 heavy (non-hydrogen) atoms. The van der Waals surface area contributed by atoms with Crippen molar-refractivity contribution in [3.05, 3.63) is 23.8 Å². The average molecular weight is 351 g/mol. The number of hydrogen-bond donors (Lipinski definition) is 2. The largest absolute Gasteiger partial charge is 0.497 e.